The predicted octanol–water partition coefficient (Wildman–Crippen LogP) is 3.52. The van der Waals surface area contributed by atoms with Crippen molar-refractivity contribution >= 4 is 23.5 Å². The molecule has 0 aliphatic heterocycles. The van der Waals surface area contributed by atoms with Crippen molar-refractivity contribution in [3.8, 4) is 0 Å². The third-order valence-electron chi connectivity index (χ3n) is 0.955. The van der Waals surface area contributed by atoms with E-state index in [1.165, 1.54) is 9.81 Å². The zero-order chi connectivity index (χ0) is 7.98. The summed E-state index contributed by atoms with van der Waals surface area (Å²) in [6, 6.07) is 0. The number of hydrogen-bond donors (Lipinski definition) is 0. The quantitative estimate of drug-likeness (QED) is 0.600. The first kappa shape index (κ1) is 10.2. The maximum absolute atomic E-state index is 2.16. The van der Waals surface area contributed by atoms with Crippen LogP contribution in [0.15, 0.2) is 22.0 Å². The number of rotatable bonds is 3. The van der Waals surface area contributed by atoms with Crippen LogP contribution in [0.5, 0.6) is 0 Å². The molecule has 0 N–H and O–H groups in total. The van der Waals surface area contributed by atoms with Crippen LogP contribution in [-0.2, 0) is 0 Å². The predicted molar refractivity (Wildman–Crippen MR) is 54.5 cm³/mol. The van der Waals surface area contributed by atoms with Gasteiger partial charge in [-0.3, -0.25) is 0 Å². The van der Waals surface area contributed by atoms with Crippen molar-refractivity contribution in [3.05, 3.63) is 22.0 Å². The molecule has 0 saturated carbocycles. The van der Waals surface area contributed by atoms with Crippen LogP contribution in [0.25, 0.3) is 0 Å². The molecule has 0 rings (SSSR count). The summed E-state index contributed by atoms with van der Waals surface area (Å²) in [7, 11) is 0. The molecular weight excluding hydrogens is 160 g/mol. The highest BCUT2D eigenvalue weighted by Crippen LogP contribution is 2.23. The molecule has 0 aromatic heterocycles. The fraction of sp³-hybridized carbons (Fsp3) is 0.500. The molecular formula is C8H14S2. The van der Waals surface area contributed by atoms with Crippen molar-refractivity contribution in [3.63, 3.8) is 0 Å². The molecule has 10 heavy (non-hydrogen) atoms. The first-order valence-electron chi connectivity index (χ1n) is 3.14. The van der Waals surface area contributed by atoms with Gasteiger partial charge in [0.05, 0.1) is 0 Å². The molecule has 0 heterocycles. The Labute approximate surface area is 72.2 Å². The smallest absolute Gasteiger partial charge is 0.0395 e. The minimum absolute atomic E-state index is 1.35. The van der Waals surface area contributed by atoms with E-state index in [1.54, 1.807) is 23.5 Å². The molecule has 0 aromatic rings. The fourth-order valence-electron chi connectivity index (χ4n) is 0.454. The Morgan fingerprint density at radius 2 is 1.50 bits per heavy atom. The number of hydrogen-bond acceptors (Lipinski definition) is 2. The van der Waals surface area contributed by atoms with Crippen molar-refractivity contribution in [2.24, 2.45) is 0 Å². The van der Waals surface area contributed by atoms with Crippen LogP contribution >= 0.6 is 23.5 Å². The van der Waals surface area contributed by atoms with Crippen LogP contribution in [0.2, 0.25) is 0 Å². The second-order valence-electron chi connectivity index (χ2n) is 2.14. The lowest BCUT2D eigenvalue weighted by Gasteiger charge is -1.94. The third-order valence-corrected chi connectivity index (χ3v) is 3.03. The molecule has 0 unspecified atom stereocenters. The van der Waals surface area contributed by atoms with Crippen molar-refractivity contribution in [1.29, 1.82) is 0 Å². The topological polar surface area (TPSA) is 0 Å². The van der Waals surface area contributed by atoms with E-state index in [0.29, 0.717) is 0 Å². The van der Waals surface area contributed by atoms with Crippen LogP contribution in [0.3, 0.4) is 0 Å². The summed E-state index contributed by atoms with van der Waals surface area (Å²) >= 11 is 3.58. The van der Waals surface area contributed by atoms with Gasteiger partial charge < -0.3 is 0 Å². The monoisotopic (exact) mass is 174 g/mol. The van der Waals surface area contributed by atoms with Gasteiger partial charge in [0.25, 0.3) is 0 Å². The normalized spacial score (nSPS) is 8.80. The summed E-state index contributed by atoms with van der Waals surface area (Å²) in [5.74, 6) is 0. The van der Waals surface area contributed by atoms with Gasteiger partial charge in [0.2, 0.25) is 0 Å². The van der Waals surface area contributed by atoms with Crippen LogP contribution < -0.4 is 0 Å². The maximum Gasteiger partial charge on any atom is 0.0395 e. The molecule has 0 amide bonds. The highest BCUT2D eigenvalue weighted by atomic mass is 32.2. The molecule has 0 aromatic carbocycles. The van der Waals surface area contributed by atoms with E-state index >= 15 is 0 Å². The molecule has 0 aliphatic carbocycles. The van der Waals surface area contributed by atoms with Gasteiger partial charge in [-0.1, -0.05) is 11.6 Å². The highest BCUT2D eigenvalue weighted by molar-refractivity contribution is 8.21. The van der Waals surface area contributed by atoms with Gasteiger partial charge in [0, 0.05) is 4.24 Å². The van der Waals surface area contributed by atoms with E-state index < -0.39 is 0 Å². The first-order valence-corrected chi connectivity index (χ1v) is 5.58. The molecule has 0 nitrogen and oxygen atoms in total. The molecule has 0 radical (unpaired) electrons. The Balaban J connectivity index is 3.99. The largest absolute Gasteiger partial charge is 0.123 e. The zero-order valence-electron chi connectivity index (χ0n) is 6.97. The maximum atomic E-state index is 2.16. The number of thioether (sulfide) groups is 2. The van der Waals surface area contributed by atoms with Crippen LogP contribution in [0, 0.1) is 0 Å². The number of allylic oxidation sites excluding steroid dienone is 3. The lowest BCUT2D eigenvalue weighted by Crippen LogP contribution is -1.65. The van der Waals surface area contributed by atoms with E-state index in [1.807, 2.05) is 0 Å². The van der Waals surface area contributed by atoms with Crippen molar-refractivity contribution in [1.82, 2.24) is 0 Å². The molecule has 0 saturated heterocycles. The van der Waals surface area contributed by atoms with E-state index in [-0.39, 0.29) is 0 Å². The second-order valence-corrected chi connectivity index (χ2v) is 4.09. The molecule has 58 valence electrons. The van der Waals surface area contributed by atoms with Gasteiger partial charge >= 0.3 is 0 Å². The summed E-state index contributed by atoms with van der Waals surface area (Å²) in [4.78, 5) is 0. The first-order chi connectivity index (χ1) is 4.70. The summed E-state index contributed by atoms with van der Waals surface area (Å²) in [6.45, 7) is 4.21. The minimum Gasteiger partial charge on any atom is -0.123 e. The molecule has 0 bridgehead atoms. The summed E-state index contributed by atoms with van der Waals surface area (Å²) in [5, 5.41) is 0. The van der Waals surface area contributed by atoms with Gasteiger partial charge in [-0.15, -0.1) is 23.5 Å². The van der Waals surface area contributed by atoms with Crippen molar-refractivity contribution in [2.75, 3.05) is 12.5 Å². The second kappa shape index (κ2) is 5.93. The van der Waals surface area contributed by atoms with E-state index in [0.717, 1.165) is 0 Å². The van der Waals surface area contributed by atoms with Crippen LogP contribution in [0.1, 0.15) is 13.8 Å². The van der Waals surface area contributed by atoms with Crippen LogP contribution in [0.4, 0.5) is 0 Å². The van der Waals surface area contributed by atoms with E-state index in [9.17, 15) is 0 Å². The van der Waals surface area contributed by atoms with Gasteiger partial charge in [-0.05, 0) is 32.4 Å². The Morgan fingerprint density at radius 3 is 1.80 bits per heavy atom. The molecule has 0 aliphatic rings. The lowest BCUT2D eigenvalue weighted by atomic mass is 10.3. The lowest BCUT2D eigenvalue weighted by molar-refractivity contribution is 1.39. The molecule has 2 heteroatoms. The SMILES string of the molecule is CSC(=CC=C(C)C)SC. The molecule has 0 spiro atoms. The van der Waals surface area contributed by atoms with Crippen molar-refractivity contribution in [2.45, 2.75) is 13.8 Å². The standard InChI is InChI=1S/C8H14S2/c1-7(2)5-6-8(9-3)10-4/h5-6H,1-4H3. The Kier molecular flexibility index (Phi) is 6.03. The minimum atomic E-state index is 1.35. The molecule has 0 fully saturated rings. The van der Waals surface area contributed by atoms with Gasteiger partial charge in [0.1, 0.15) is 0 Å². The van der Waals surface area contributed by atoms with Crippen molar-refractivity contribution < 1.29 is 0 Å². The summed E-state index contributed by atoms with van der Waals surface area (Å²) in [5.41, 5.74) is 1.35. The van der Waals surface area contributed by atoms with Gasteiger partial charge in [0.15, 0.2) is 0 Å². The molecule has 0 atom stereocenters. The summed E-state index contributed by atoms with van der Waals surface area (Å²) < 4.78 is 1.36. The average molecular weight is 174 g/mol. The average Bonchev–Trinajstić information content (AvgIpc) is 1.90. The Morgan fingerprint density at radius 1 is 1.00 bits per heavy atom. The van der Waals surface area contributed by atoms with E-state index in [2.05, 4.69) is 38.5 Å². The Hall–Kier alpha value is 0.180. The van der Waals surface area contributed by atoms with Crippen LogP contribution in [-0.4, -0.2) is 12.5 Å². The zero-order valence-corrected chi connectivity index (χ0v) is 8.60. The van der Waals surface area contributed by atoms with E-state index in [4.69, 9.17) is 0 Å². The van der Waals surface area contributed by atoms with Gasteiger partial charge in [-0.25, -0.2) is 0 Å². The van der Waals surface area contributed by atoms with Gasteiger partial charge in [-0.2, -0.15) is 0 Å². The fourth-order valence-corrected chi connectivity index (χ4v) is 1.53. The highest BCUT2D eigenvalue weighted by Gasteiger charge is 1.86. The summed E-state index contributed by atoms with van der Waals surface area (Å²) in [6.07, 6.45) is 8.50. The Bertz CT molecular complexity index is 135. The third kappa shape index (κ3) is 5.00.